The smallest absolute Gasteiger partial charge is 0.337 e. The van der Waals surface area contributed by atoms with Gasteiger partial charge >= 0.3 is 5.97 Å². The molecule has 5 nitrogen and oxygen atoms in total. The number of carboxylic acids is 1. The number of carboxylic acid groups (broad SMARTS) is 1. The van der Waals surface area contributed by atoms with Crippen LogP contribution in [0.1, 0.15) is 23.2 Å². The third kappa shape index (κ3) is 2.34. The van der Waals surface area contributed by atoms with Gasteiger partial charge in [0.05, 0.1) is 23.0 Å². The predicted molar refractivity (Wildman–Crippen MR) is 65.3 cm³/mol. The minimum atomic E-state index is -1.01. The number of nitrogens with one attached hydrogen (secondary N) is 1. The van der Waals surface area contributed by atoms with E-state index in [1.54, 1.807) is 19.2 Å². The summed E-state index contributed by atoms with van der Waals surface area (Å²) in [4.78, 5) is 10.9. The lowest BCUT2D eigenvalue weighted by Gasteiger charge is -2.35. The lowest BCUT2D eigenvalue weighted by atomic mass is 9.89. The molecule has 0 amide bonds. The molecule has 0 saturated heterocycles. The van der Waals surface area contributed by atoms with Crippen molar-refractivity contribution >= 4 is 17.3 Å². The first kappa shape index (κ1) is 11.7. The number of carbonyl (C=O) groups is 1. The second kappa shape index (κ2) is 4.63. The van der Waals surface area contributed by atoms with Gasteiger partial charge in [-0.15, -0.1) is 0 Å². The van der Waals surface area contributed by atoms with Crippen LogP contribution in [0.2, 0.25) is 0 Å². The minimum absolute atomic E-state index is 0.137. The summed E-state index contributed by atoms with van der Waals surface area (Å²) in [6, 6.07) is 5.30. The van der Waals surface area contributed by atoms with E-state index in [2.05, 4.69) is 5.32 Å². The molecular formula is C12H16N2O3. The number of para-hydroxylation sites is 1. The highest BCUT2D eigenvalue weighted by molar-refractivity contribution is 5.97. The van der Waals surface area contributed by atoms with Crippen LogP contribution < -0.4 is 11.1 Å². The summed E-state index contributed by atoms with van der Waals surface area (Å²) in [7, 11) is 1.69. The number of hydrogen-bond donors (Lipinski definition) is 3. The first-order valence-electron chi connectivity index (χ1n) is 5.53. The molecule has 0 unspecified atom stereocenters. The number of anilines is 2. The zero-order valence-electron chi connectivity index (χ0n) is 9.64. The van der Waals surface area contributed by atoms with Gasteiger partial charge in [-0.3, -0.25) is 0 Å². The van der Waals surface area contributed by atoms with Crippen molar-refractivity contribution in [2.45, 2.75) is 25.0 Å². The quantitative estimate of drug-likeness (QED) is 0.691. The largest absolute Gasteiger partial charge is 0.478 e. The summed E-state index contributed by atoms with van der Waals surface area (Å²) >= 11 is 0. The fraction of sp³-hybridized carbons (Fsp3) is 0.417. The van der Waals surface area contributed by atoms with E-state index in [0.29, 0.717) is 23.5 Å². The van der Waals surface area contributed by atoms with Gasteiger partial charge in [0.15, 0.2) is 0 Å². The van der Waals surface area contributed by atoms with Crippen molar-refractivity contribution in [3.05, 3.63) is 23.8 Å². The highest BCUT2D eigenvalue weighted by atomic mass is 16.5. The highest BCUT2D eigenvalue weighted by Gasteiger charge is 2.29. The van der Waals surface area contributed by atoms with Crippen LogP contribution in [0.25, 0.3) is 0 Å². The van der Waals surface area contributed by atoms with Crippen LogP contribution in [0.15, 0.2) is 18.2 Å². The first-order valence-corrected chi connectivity index (χ1v) is 5.53. The molecule has 92 valence electrons. The van der Waals surface area contributed by atoms with E-state index in [9.17, 15) is 4.79 Å². The SMILES string of the molecule is COC1CC(Nc2cccc(C(=O)O)c2N)C1. The molecule has 17 heavy (non-hydrogen) atoms. The molecule has 0 atom stereocenters. The Kier molecular flexibility index (Phi) is 3.19. The van der Waals surface area contributed by atoms with Crippen molar-refractivity contribution in [3.63, 3.8) is 0 Å². The average Bonchev–Trinajstić information content (AvgIpc) is 2.24. The van der Waals surface area contributed by atoms with Gasteiger partial charge < -0.3 is 20.9 Å². The number of nitrogens with two attached hydrogens (primary N) is 1. The normalized spacial score (nSPS) is 22.9. The Morgan fingerprint density at radius 3 is 2.82 bits per heavy atom. The van der Waals surface area contributed by atoms with Crippen LogP contribution >= 0.6 is 0 Å². The van der Waals surface area contributed by atoms with Crippen molar-refractivity contribution in [2.24, 2.45) is 0 Å². The monoisotopic (exact) mass is 236 g/mol. The van der Waals surface area contributed by atoms with E-state index >= 15 is 0 Å². The third-order valence-electron chi connectivity index (χ3n) is 3.12. The maximum atomic E-state index is 10.9. The summed E-state index contributed by atoms with van der Waals surface area (Å²) in [6.07, 6.45) is 2.15. The molecule has 0 spiro atoms. The summed E-state index contributed by atoms with van der Waals surface area (Å²) in [5.41, 5.74) is 6.92. The highest BCUT2D eigenvalue weighted by Crippen LogP contribution is 2.30. The lowest BCUT2D eigenvalue weighted by molar-refractivity contribution is 0.0329. The standard InChI is InChI=1S/C12H16N2O3/c1-17-8-5-7(6-8)14-10-4-2-3-9(11(10)13)12(15)16/h2-4,7-8,14H,5-6,13H2,1H3,(H,15,16). The molecule has 1 aromatic carbocycles. The average molecular weight is 236 g/mol. The molecule has 0 aromatic heterocycles. The van der Waals surface area contributed by atoms with E-state index in [0.717, 1.165) is 12.8 Å². The molecule has 1 aliphatic rings. The molecule has 2 rings (SSSR count). The van der Waals surface area contributed by atoms with Gasteiger partial charge in [-0.1, -0.05) is 6.07 Å². The molecule has 1 fully saturated rings. The summed E-state index contributed by atoms with van der Waals surface area (Å²) < 4.78 is 5.18. The van der Waals surface area contributed by atoms with E-state index in [-0.39, 0.29) is 5.56 Å². The lowest BCUT2D eigenvalue weighted by Crippen LogP contribution is -2.40. The van der Waals surface area contributed by atoms with Gasteiger partial charge in [-0.2, -0.15) is 0 Å². The van der Waals surface area contributed by atoms with Crippen molar-refractivity contribution < 1.29 is 14.6 Å². The fourth-order valence-corrected chi connectivity index (χ4v) is 1.97. The molecule has 0 radical (unpaired) electrons. The Morgan fingerprint density at radius 1 is 1.53 bits per heavy atom. The fourth-order valence-electron chi connectivity index (χ4n) is 1.97. The molecule has 0 heterocycles. The number of nitrogen functional groups attached to an aromatic ring is 1. The van der Waals surface area contributed by atoms with Gasteiger partial charge in [0.2, 0.25) is 0 Å². The molecule has 1 saturated carbocycles. The maximum absolute atomic E-state index is 10.9. The van der Waals surface area contributed by atoms with Gasteiger partial charge in [-0.25, -0.2) is 4.79 Å². The van der Waals surface area contributed by atoms with Gasteiger partial charge in [-0.05, 0) is 25.0 Å². The zero-order chi connectivity index (χ0) is 12.4. The maximum Gasteiger partial charge on any atom is 0.337 e. The number of rotatable bonds is 4. The topological polar surface area (TPSA) is 84.6 Å². The zero-order valence-corrected chi connectivity index (χ0v) is 9.64. The van der Waals surface area contributed by atoms with Crippen LogP contribution in [0.4, 0.5) is 11.4 Å². The van der Waals surface area contributed by atoms with E-state index in [1.807, 2.05) is 0 Å². The number of ether oxygens (including phenoxy) is 1. The number of methoxy groups -OCH3 is 1. The summed E-state index contributed by atoms with van der Waals surface area (Å²) in [5, 5.41) is 12.2. The van der Waals surface area contributed by atoms with E-state index in [4.69, 9.17) is 15.6 Å². The van der Waals surface area contributed by atoms with E-state index < -0.39 is 5.97 Å². The van der Waals surface area contributed by atoms with Crippen LogP contribution in [-0.2, 0) is 4.74 Å². The molecule has 0 aliphatic heterocycles. The predicted octanol–water partition coefficient (Wildman–Crippen LogP) is 1.56. The first-order chi connectivity index (χ1) is 8.11. The number of aromatic carboxylic acids is 1. The van der Waals surface area contributed by atoms with Crippen LogP contribution in [0.3, 0.4) is 0 Å². The van der Waals surface area contributed by atoms with Gasteiger partial charge in [0.25, 0.3) is 0 Å². The molecule has 5 heteroatoms. The Labute approximate surface area is 99.6 Å². The summed E-state index contributed by atoms with van der Waals surface area (Å²) in [5.74, 6) is -1.01. The Morgan fingerprint density at radius 2 is 2.24 bits per heavy atom. The molecule has 1 aliphatic carbocycles. The second-order valence-corrected chi connectivity index (χ2v) is 4.24. The Bertz CT molecular complexity index is 428. The van der Waals surface area contributed by atoms with Crippen molar-refractivity contribution in [1.82, 2.24) is 0 Å². The van der Waals surface area contributed by atoms with Crippen molar-refractivity contribution in [2.75, 3.05) is 18.2 Å². The van der Waals surface area contributed by atoms with Crippen LogP contribution in [-0.4, -0.2) is 30.3 Å². The molecular weight excluding hydrogens is 220 g/mol. The Hall–Kier alpha value is -1.75. The summed E-state index contributed by atoms with van der Waals surface area (Å²) in [6.45, 7) is 0. The van der Waals surface area contributed by atoms with Crippen molar-refractivity contribution in [1.29, 1.82) is 0 Å². The Balaban J connectivity index is 2.07. The van der Waals surface area contributed by atoms with Crippen LogP contribution in [0.5, 0.6) is 0 Å². The minimum Gasteiger partial charge on any atom is -0.478 e. The number of benzene rings is 1. The molecule has 4 N–H and O–H groups in total. The number of hydrogen-bond acceptors (Lipinski definition) is 4. The van der Waals surface area contributed by atoms with Crippen LogP contribution in [0, 0.1) is 0 Å². The third-order valence-corrected chi connectivity index (χ3v) is 3.12. The van der Waals surface area contributed by atoms with Crippen molar-refractivity contribution in [3.8, 4) is 0 Å². The second-order valence-electron chi connectivity index (χ2n) is 4.24. The van der Waals surface area contributed by atoms with E-state index in [1.165, 1.54) is 6.07 Å². The molecule has 1 aromatic rings. The van der Waals surface area contributed by atoms with Gasteiger partial charge in [0.1, 0.15) is 0 Å². The molecule has 0 bridgehead atoms. The van der Waals surface area contributed by atoms with Gasteiger partial charge in [0, 0.05) is 13.2 Å².